The molecule has 0 saturated carbocycles. The molecular weight excluding hydrogens is 352 g/mol. The minimum atomic E-state index is -0.354. The number of rotatable bonds is 3. The lowest BCUT2D eigenvalue weighted by atomic mass is 10.1. The van der Waals surface area contributed by atoms with Crippen LogP contribution in [0.3, 0.4) is 0 Å². The number of aliphatic imine (C=N–C) groups is 1. The van der Waals surface area contributed by atoms with Crippen LogP contribution in [0.15, 0.2) is 82.6 Å². The molecule has 0 aliphatic carbocycles. The van der Waals surface area contributed by atoms with Crippen molar-refractivity contribution in [3.05, 3.63) is 88.7 Å². The van der Waals surface area contributed by atoms with E-state index < -0.39 is 0 Å². The van der Waals surface area contributed by atoms with Gasteiger partial charge in [-0.25, -0.2) is 9.98 Å². The Balaban J connectivity index is 2.03. The van der Waals surface area contributed by atoms with Crippen LogP contribution in [0.4, 0.5) is 11.6 Å². The highest BCUT2D eigenvalue weighted by atomic mass is 16.3. The molecular formula is C22H18N4O2. The van der Waals surface area contributed by atoms with Gasteiger partial charge in [0.15, 0.2) is 5.82 Å². The largest absolute Gasteiger partial charge is 0.506 e. The van der Waals surface area contributed by atoms with Gasteiger partial charge < -0.3 is 10.8 Å². The highest BCUT2D eigenvalue weighted by molar-refractivity contribution is 6.06. The van der Waals surface area contributed by atoms with Gasteiger partial charge >= 0.3 is 0 Å². The Morgan fingerprint density at radius 3 is 2.46 bits per heavy atom. The van der Waals surface area contributed by atoms with E-state index in [-0.39, 0.29) is 16.9 Å². The second-order valence-corrected chi connectivity index (χ2v) is 6.33. The Bertz CT molecular complexity index is 1260. The Hall–Kier alpha value is -3.93. The van der Waals surface area contributed by atoms with Crippen molar-refractivity contribution in [3.8, 4) is 11.4 Å². The molecule has 2 heterocycles. The van der Waals surface area contributed by atoms with Crippen LogP contribution in [0.25, 0.3) is 16.6 Å². The standard InChI is InChI=1S/C22H18N4O2/c1-14(24-19-13-7-12-18(23)25-19)20-21(27)16-10-5-6-11-17(16)26(22(20)28)15-8-3-2-4-9-15/h2-13,27H,1H3,(H2,23,25)/b24-14+. The Kier molecular flexibility index (Phi) is 4.37. The maximum Gasteiger partial charge on any atom is 0.268 e. The summed E-state index contributed by atoms with van der Waals surface area (Å²) in [5.41, 5.74) is 7.17. The Labute approximate surface area is 161 Å². The predicted molar refractivity (Wildman–Crippen MR) is 112 cm³/mol. The predicted octanol–water partition coefficient (Wildman–Crippen LogP) is 3.81. The second-order valence-electron chi connectivity index (χ2n) is 6.33. The SMILES string of the molecule is C/C(=N\c1cccc(N)n1)c1c(O)c2ccccc2n(-c2ccccc2)c1=O. The molecule has 0 radical (unpaired) electrons. The number of pyridine rings is 2. The van der Waals surface area contributed by atoms with Crippen LogP contribution in [0.1, 0.15) is 12.5 Å². The van der Waals surface area contributed by atoms with Gasteiger partial charge in [0, 0.05) is 11.1 Å². The van der Waals surface area contributed by atoms with Gasteiger partial charge in [-0.15, -0.1) is 0 Å². The molecule has 4 aromatic rings. The number of aromatic hydroxyl groups is 1. The van der Waals surface area contributed by atoms with E-state index in [9.17, 15) is 9.90 Å². The molecule has 138 valence electrons. The molecule has 28 heavy (non-hydrogen) atoms. The molecule has 0 aliphatic heterocycles. The lowest BCUT2D eigenvalue weighted by molar-refractivity contribution is 0.478. The van der Waals surface area contributed by atoms with E-state index in [1.54, 1.807) is 41.8 Å². The molecule has 0 amide bonds. The molecule has 0 aliphatic rings. The second kappa shape index (κ2) is 7.00. The summed E-state index contributed by atoms with van der Waals surface area (Å²) in [6.45, 7) is 1.67. The fourth-order valence-electron chi connectivity index (χ4n) is 3.22. The Morgan fingerprint density at radius 1 is 1.00 bits per heavy atom. The first-order valence-electron chi connectivity index (χ1n) is 8.76. The quantitative estimate of drug-likeness (QED) is 0.536. The normalized spacial score (nSPS) is 11.7. The van der Waals surface area contributed by atoms with Crippen molar-refractivity contribution >= 4 is 28.3 Å². The van der Waals surface area contributed by atoms with Crippen molar-refractivity contribution < 1.29 is 5.11 Å². The first-order chi connectivity index (χ1) is 13.6. The van der Waals surface area contributed by atoms with Crippen LogP contribution in [0.5, 0.6) is 5.75 Å². The summed E-state index contributed by atoms with van der Waals surface area (Å²) in [7, 11) is 0. The highest BCUT2D eigenvalue weighted by Gasteiger charge is 2.19. The van der Waals surface area contributed by atoms with Gasteiger partial charge in [-0.3, -0.25) is 9.36 Å². The van der Waals surface area contributed by atoms with Gasteiger partial charge in [0.25, 0.3) is 5.56 Å². The van der Waals surface area contributed by atoms with Crippen LogP contribution in [-0.2, 0) is 0 Å². The lowest BCUT2D eigenvalue weighted by Gasteiger charge is -2.15. The first-order valence-corrected chi connectivity index (χ1v) is 8.76. The Morgan fingerprint density at radius 2 is 1.71 bits per heavy atom. The van der Waals surface area contributed by atoms with E-state index in [1.165, 1.54) is 0 Å². The molecule has 4 rings (SSSR count). The monoisotopic (exact) mass is 370 g/mol. The molecule has 3 N–H and O–H groups in total. The summed E-state index contributed by atoms with van der Waals surface area (Å²) in [5, 5.41) is 11.4. The van der Waals surface area contributed by atoms with Gasteiger partial charge in [0.1, 0.15) is 17.1 Å². The van der Waals surface area contributed by atoms with Crippen LogP contribution in [0.2, 0.25) is 0 Å². The van der Waals surface area contributed by atoms with Crippen LogP contribution in [0, 0.1) is 0 Å². The van der Waals surface area contributed by atoms with Gasteiger partial charge in [0.05, 0.1) is 11.2 Å². The zero-order chi connectivity index (χ0) is 19.7. The first kappa shape index (κ1) is 17.5. The molecule has 0 spiro atoms. The number of nitrogens with zero attached hydrogens (tertiary/aromatic N) is 3. The minimum absolute atomic E-state index is 0.0991. The molecule has 6 heteroatoms. The van der Waals surface area contributed by atoms with Gasteiger partial charge in [-0.05, 0) is 43.3 Å². The number of nitrogens with two attached hydrogens (primary N) is 1. The number of fused-ring (bicyclic) bond motifs is 1. The number of para-hydroxylation sites is 2. The summed E-state index contributed by atoms with van der Waals surface area (Å²) in [6, 6.07) is 21.6. The minimum Gasteiger partial charge on any atom is -0.506 e. The topological polar surface area (TPSA) is 93.5 Å². The van der Waals surface area contributed by atoms with E-state index in [1.807, 2.05) is 42.5 Å². The highest BCUT2D eigenvalue weighted by Crippen LogP contribution is 2.29. The van der Waals surface area contributed by atoms with Crippen molar-refractivity contribution in [2.45, 2.75) is 6.92 Å². The summed E-state index contributed by atoms with van der Waals surface area (Å²) in [5.74, 6) is 0.604. The van der Waals surface area contributed by atoms with Crippen molar-refractivity contribution in [1.29, 1.82) is 0 Å². The number of anilines is 1. The van der Waals surface area contributed by atoms with Gasteiger partial charge in [-0.1, -0.05) is 36.4 Å². The van der Waals surface area contributed by atoms with Gasteiger partial charge in [0.2, 0.25) is 0 Å². The molecule has 2 aromatic heterocycles. The van der Waals surface area contributed by atoms with Crippen molar-refractivity contribution in [2.24, 2.45) is 4.99 Å². The zero-order valence-corrected chi connectivity index (χ0v) is 15.2. The number of nitrogen functional groups attached to an aromatic ring is 1. The van der Waals surface area contributed by atoms with Crippen molar-refractivity contribution in [1.82, 2.24) is 9.55 Å². The number of hydrogen-bond donors (Lipinski definition) is 2. The van der Waals surface area contributed by atoms with E-state index in [2.05, 4.69) is 9.98 Å². The maximum atomic E-state index is 13.4. The smallest absolute Gasteiger partial charge is 0.268 e. The van der Waals surface area contributed by atoms with Crippen LogP contribution < -0.4 is 11.3 Å². The third-order valence-corrected chi connectivity index (χ3v) is 4.47. The van der Waals surface area contributed by atoms with E-state index >= 15 is 0 Å². The average molecular weight is 370 g/mol. The summed E-state index contributed by atoms with van der Waals surface area (Å²) in [4.78, 5) is 21.9. The molecule has 0 saturated heterocycles. The molecule has 6 nitrogen and oxygen atoms in total. The maximum absolute atomic E-state index is 13.4. The molecule has 2 aromatic carbocycles. The van der Waals surface area contributed by atoms with E-state index in [0.717, 1.165) is 0 Å². The number of benzene rings is 2. The molecule has 0 bridgehead atoms. The average Bonchev–Trinajstić information content (AvgIpc) is 2.69. The third-order valence-electron chi connectivity index (χ3n) is 4.47. The molecule has 0 fully saturated rings. The summed E-state index contributed by atoms with van der Waals surface area (Å²) < 4.78 is 1.58. The zero-order valence-electron chi connectivity index (χ0n) is 15.2. The summed E-state index contributed by atoms with van der Waals surface area (Å²) >= 11 is 0. The fourth-order valence-corrected chi connectivity index (χ4v) is 3.22. The van der Waals surface area contributed by atoms with Crippen LogP contribution >= 0.6 is 0 Å². The third kappa shape index (κ3) is 3.01. The van der Waals surface area contributed by atoms with Crippen LogP contribution in [-0.4, -0.2) is 20.4 Å². The van der Waals surface area contributed by atoms with Gasteiger partial charge in [-0.2, -0.15) is 0 Å². The van der Waals surface area contributed by atoms with E-state index in [0.29, 0.717) is 33.9 Å². The summed E-state index contributed by atoms with van der Waals surface area (Å²) in [6.07, 6.45) is 0. The fraction of sp³-hybridized carbons (Fsp3) is 0.0455. The number of aromatic nitrogens is 2. The molecule has 0 unspecified atom stereocenters. The lowest BCUT2D eigenvalue weighted by Crippen LogP contribution is -2.25. The number of hydrogen-bond acceptors (Lipinski definition) is 5. The van der Waals surface area contributed by atoms with Crippen molar-refractivity contribution in [2.75, 3.05) is 5.73 Å². The van der Waals surface area contributed by atoms with Crippen molar-refractivity contribution in [3.63, 3.8) is 0 Å². The van der Waals surface area contributed by atoms with E-state index in [4.69, 9.17) is 5.73 Å². The molecule has 0 atom stereocenters.